The number of nitrogens with zero attached hydrogens (tertiary/aromatic N) is 3. The highest BCUT2D eigenvalue weighted by molar-refractivity contribution is 5.97. The maximum absolute atomic E-state index is 14.3. The third-order valence-electron chi connectivity index (χ3n) is 4.84. The number of hydrogen-bond donors (Lipinski definition) is 2. The second-order valence-electron chi connectivity index (χ2n) is 6.85. The molecule has 0 saturated heterocycles. The quantitative estimate of drug-likeness (QED) is 0.346. The molecule has 0 spiro atoms. The molecule has 0 bridgehead atoms. The first kappa shape index (κ1) is 19.0. The van der Waals surface area contributed by atoms with Crippen molar-refractivity contribution in [3.8, 4) is 11.4 Å². The Morgan fingerprint density at radius 1 is 0.806 bits per heavy atom. The van der Waals surface area contributed by atoms with Gasteiger partial charge in [0.15, 0.2) is 11.6 Å². The van der Waals surface area contributed by atoms with Crippen LogP contribution in [0.4, 0.5) is 29.2 Å². The maximum atomic E-state index is 14.3. The fourth-order valence-corrected chi connectivity index (χ4v) is 3.33. The SMILES string of the molecule is Fc1ccccc1-c1nc(Nc2n[nH]c3ccc(C(F)(F)F)cc23)c2ccccc2n1. The average Bonchev–Trinajstić information content (AvgIpc) is 3.15. The Morgan fingerprint density at radius 2 is 1.58 bits per heavy atom. The minimum Gasteiger partial charge on any atom is -0.322 e. The van der Waals surface area contributed by atoms with Crippen molar-refractivity contribution < 1.29 is 17.6 Å². The number of rotatable bonds is 3. The molecule has 0 saturated carbocycles. The standard InChI is InChI=1S/C22H13F4N5/c23-16-7-3-1-5-13(16)19-27-17-8-4-2-6-14(17)20(28-19)29-21-15-11-12(22(24,25)26)9-10-18(15)30-31-21/h1-11H,(H2,27,28,29,30,31). The second kappa shape index (κ2) is 7.05. The van der Waals surface area contributed by atoms with E-state index in [4.69, 9.17) is 0 Å². The molecule has 0 radical (unpaired) electrons. The molecule has 2 N–H and O–H groups in total. The van der Waals surface area contributed by atoms with Crippen molar-refractivity contribution in [2.45, 2.75) is 6.18 Å². The number of nitrogens with one attached hydrogen (secondary N) is 2. The molecular weight excluding hydrogens is 410 g/mol. The Hall–Kier alpha value is -4.01. The number of para-hydroxylation sites is 1. The molecule has 2 heterocycles. The molecule has 3 aromatic carbocycles. The van der Waals surface area contributed by atoms with Gasteiger partial charge in [-0.3, -0.25) is 5.10 Å². The van der Waals surface area contributed by atoms with Gasteiger partial charge in [-0.2, -0.15) is 18.3 Å². The molecule has 0 aliphatic carbocycles. The van der Waals surface area contributed by atoms with E-state index in [1.54, 1.807) is 42.5 Å². The van der Waals surface area contributed by atoms with Crippen LogP contribution in [0, 0.1) is 5.82 Å². The number of anilines is 2. The minimum absolute atomic E-state index is 0.148. The Labute approximate surface area is 172 Å². The Kier molecular flexibility index (Phi) is 4.32. The number of hydrogen-bond acceptors (Lipinski definition) is 4. The smallest absolute Gasteiger partial charge is 0.322 e. The monoisotopic (exact) mass is 423 g/mol. The van der Waals surface area contributed by atoms with Crippen LogP contribution >= 0.6 is 0 Å². The summed E-state index contributed by atoms with van der Waals surface area (Å²) < 4.78 is 53.8. The van der Waals surface area contributed by atoms with Gasteiger partial charge in [0.05, 0.1) is 22.2 Å². The lowest BCUT2D eigenvalue weighted by atomic mass is 10.1. The van der Waals surface area contributed by atoms with Gasteiger partial charge >= 0.3 is 6.18 Å². The van der Waals surface area contributed by atoms with Gasteiger partial charge in [-0.15, -0.1) is 0 Å². The molecule has 5 nitrogen and oxygen atoms in total. The highest BCUT2D eigenvalue weighted by atomic mass is 19.4. The van der Waals surface area contributed by atoms with Crippen molar-refractivity contribution in [3.63, 3.8) is 0 Å². The zero-order valence-corrected chi connectivity index (χ0v) is 15.7. The number of aromatic nitrogens is 4. The van der Waals surface area contributed by atoms with Crippen molar-refractivity contribution in [2.24, 2.45) is 0 Å². The predicted molar refractivity (Wildman–Crippen MR) is 109 cm³/mol. The van der Waals surface area contributed by atoms with E-state index in [-0.39, 0.29) is 22.6 Å². The van der Waals surface area contributed by atoms with Gasteiger partial charge in [0, 0.05) is 10.8 Å². The van der Waals surface area contributed by atoms with Gasteiger partial charge in [-0.05, 0) is 42.5 Å². The van der Waals surface area contributed by atoms with E-state index >= 15 is 0 Å². The number of benzene rings is 3. The lowest BCUT2D eigenvalue weighted by Gasteiger charge is -2.11. The van der Waals surface area contributed by atoms with Crippen LogP contribution in [0.3, 0.4) is 0 Å². The summed E-state index contributed by atoms with van der Waals surface area (Å²) in [6.45, 7) is 0. The molecule has 2 aromatic heterocycles. The zero-order valence-electron chi connectivity index (χ0n) is 15.7. The van der Waals surface area contributed by atoms with Crippen LogP contribution in [0.15, 0.2) is 66.7 Å². The van der Waals surface area contributed by atoms with E-state index in [9.17, 15) is 17.6 Å². The van der Waals surface area contributed by atoms with Crippen LogP contribution < -0.4 is 5.32 Å². The van der Waals surface area contributed by atoms with Crippen LogP contribution in [0.1, 0.15) is 5.56 Å². The Bertz CT molecular complexity index is 1420. The summed E-state index contributed by atoms with van der Waals surface area (Å²) in [7, 11) is 0. The van der Waals surface area contributed by atoms with Crippen molar-refractivity contribution in [3.05, 3.63) is 78.1 Å². The Balaban J connectivity index is 1.66. The second-order valence-corrected chi connectivity index (χ2v) is 6.85. The summed E-state index contributed by atoms with van der Waals surface area (Å²) in [4.78, 5) is 8.88. The summed E-state index contributed by atoms with van der Waals surface area (Å²) in [5.41, 5.74) is 0.406. The highest BCUT2D eigenvalue weighted by Crippen LogP contribution is 2.34. The molecule has 0 fully saturated rings. The van der Waals surface area contributed by atoms with Crippen molar-refractivity contribution in [2.75, 3.05) is 5.32 Å². The van der Waals surface area contributed by atoms with Crippen molar-refractivity contribution in [1.82, 2.24) is 20.2 Å². The molecule has 0 aliphatic rings. The fourth-order valence-electron chi connectivity index (χ4n) is 3.33. The molecule has 0 amide bonds. The number of fused-ring (bicyclic) bond motifs is 2. The van der Waals surface area contributed by atoms with E-state index in [0.717, 1.165) is 12.1 Å². The summed E-state index contributed by atoms with van der Waals surface area (Å²) in [6, 6.07) is 16.5. The van der Waals surface area contributed by atoms with E-state index in [1.165, 1.54) is 12.1 Å². The molecule has 0 unspecified atom stereocenters. The average molecular weight is 423 g/mol. The van der Waals surface area contributed by atoms with E-state index in [1.807, 2.05) is 0 Å². The molecule has 5 rings (SSSR count). The van der Waals surface area contributed by atoms with E-state index in [0.29, 0.717) is 22.2 Å². The summed E-state index contributed by atoms with van der Waals surface area (Å²) >= 11 is 0. The van der Waals surface area contributed by atoms with Crippen molar-refractivity contribution >= 4 is 33.4 Å². The maximum Gasteiger partial charge on any atom is 0.416 e. The van der Waals surface area contributed by atoms with Crippen LogP contribution in [0.5, 0.6) is 0 Å². The molecule has 9 heteroatoms. The third-order valence-corrected chi connectivity index (χ3v) is 4.84. The van der Waals surface area contributed by atoms with Gasteiger partial charge < -0.3 is 5.32 Å². The van der Waals surface area contributed by atoms with Gasteiger partial charge in [0.1, 0.15) is 11.6 Å². The number of H-pyrrole nitrogens is 1. The summed E-state index contributed by atoms with van der Waals surface area (Å²) in [5.74, 6) is 0.137. The highest BCUT2D eigenvalue weighted by Gasteiger charge is 2.31. The van der Waals surface area contributed by atoms with Crippen LogP contribution in [0.25, 0.3) is 33.2 Å². The van der Waals surface area contributed by atoms with Crippen LogP contribution in [-0.2, 0) is 6.18 Å². The number of aromatic amines is 1. The van der Waals surface area contributed by atoms with Gasteiger partial charge in [-0.25, -0.2) is 14.4 Å². The van der Waals surface area contributed by atoms with Gasteiger partial charge in [0.2, 0.25) is 0 Å². The first-order chi connectivity index (χ1) is 14.9. The predicted octanol–water partition coefficient (Wildman–Crippen LogP) is 6.07. The summed E-state index contributed by atoms with van der Waals surface area (Å²) in [6.07, 6.45) is -4.48. The third kappa shape index (κ3) is 3.43. The molecular formula is C22H13F4N5. The Morgan fingerprint density at radius 3 is 2.39 bits per heavy atom. The molecule has 31 heavy (non-hydrogen) atoms. The van der Waals surface area contributed by atoms with Gasteiger partial charge in [0.25, 0.3) is 0 Å². The van der Waals surface area contributed by atoms with E-state index < -0.39 is 17.6 Å². The van der Waals surface area contributed by atoms with Crippen molar-refractivity contribution in [1.29, 1.82) is 0 Å². The molecule has 154 valence electrons. The molecule has 0 atom stereocenters. The first-order valence-corrected chi connectivity index (χ1v) is 9.24. The lowest BCUT2D eigenvalue weighted by molar-refractivity contribution is -0.137. The molecule has 5 aromatic rings. The number of halogens is 4. The lowest BCUT2D eigenvalue weighted by Crippen LogP contribution is -2.04. The normalized spacial score (nSPS) is 11.9. The van der Waals surface area contributed by atoms with Crippen LogP contribution in [0.2, 0.25) is 0 Å². The zero-order chi connectivity index (χ0) is 21.6. The van der Waals surface area contributed by atoms with Crippen LogP contribution in [-0.4, -0.2) is 20.2 Å². The van der Waals surface area contributed by atoms with E-state index in [2.05, 4.69) is 25.5 Å². The topological polar surface area (TPSA) is 66.5 Å². The summed E-state index contributed by atoms with van der Waals surface area (Å²) in [5, 5.41) is 10.7. The first-order valence-electron chi connectivity index (χ1n) is 9.24. The minimum atomic E-state index is -4.48. The number of alkyl halides is 3. The molecule has 0 aliphatic heterocycles. The van der Waals surface area contributed by atoms with Gasteiger partial charge in [-0.1, -0.05) is 24.3 Å². The fraction of sp³-hybridized carbons (Fsp3) is 0.0455. The largest absolute Gasteiger partial charge is 0.416 e.